The van der Waals surface area contributed by atoms with Crippen LogP contribution >= 0.6 is 0 Å². The number of carbonyl (C=O) groups excluding carboxylic acids is 13. The van der Waals surface area contributed by atoms with Crippen LogP contribution in [-0.2, 0) is 52.9 Å². The number of β-amino-alcohol motifs (C(OH)–C–C–N with tert-alkyl or cyclic N) is 1. The number of pyridine rings is 4. The van der Waals surface area contributed by atoms with Gasteiger partial charge in [-0.05, 0) is 125 Å². The molecule has 5 aromatic heterocycles. The number of nitrogens with zero attached hydrogens (tertiary/aromatic N) is 13. The van der Waals surface area contributed by atoms with Crippen LogP contribution in [-0.4, -0.2) is 261 Å². The third-order valence-corrected chi connectivity index (χ3v) is 24.1. The topological polar surface area (TPSA) is 404 Å². The summed E-state index contributed by atoms with van der Waals surface area (Å²) in [6.45, 7) is 68.4. The Balaban J connectivity index is 0.000000533. The highest BCUT2D eigenvalue weighted by Crippen LogP contribution is 2.28. The van der Waals surface area contributed by atoms with Crippen LogP contribution in [0.15, 0.2) is 157 Å². The van der Waals surface area contributed by atoms with Crippen LogP contribution in [0.3, 0.4) is 0 Å². The number of hydrogen-bond donors (Lipinski definition) is 1. The lowest BCUT2D eigenvalue weighted by atomic mass is 9.89. The molecule has 6 amide bonds. The Morgan fingerprint density at radius 3 is 1.21 bits per heavy atom. The molecule has 13 rings (SSSR count). The molecule has 0 bridgehead atoms. The van der Waals surface area contributed by atoms with Crippen LogP contribution in [0.4, 0.5) is 4.79 Å². The third-order valence-electron chi connectivity index (χ3n) is 22.6. The zero-order valence-corrected chi connectivity index (χ0v) is 93.3. The summed E-state index contributed by atoms with van der Waals surface area (Å²) in [7, 11) is -2.95. The number of carbonyl (C=O) groups is 13. The van der Waals surface area contributed by atoms with Crippen molar-refractivity contribution in [2.75, 3.05) is 78.2 Å². The minimum absolute atomic E-state index is 0.0249. The second-order valence-electron chi connectivity index (χ2n) is 43.7. The predicted octanol–water partition coefficient (Wildman–Crippen LogP) is 18.2. The number of amides is 6. The van der Waals surface area contributed by atoms with Gasteiger partial charge in [0.1, 0.15) is 34.5 Å². The number of likely N-dealkylation sites (tertiary alicyclic amines) is 6. The molecule has 798 valence electrons. The first-order valence-electron chi connectivity index (χ1n) is 50.5. The molecule has 0 saturated carbocycles. The highest BCUT2D eigenvalue weighted by molar-refractivity contribution is 7.91. The maximum Gasteiger partial charge on any atom is 0.410 e. The van der Waals surface area contributed by atoms with Crippen molar-refractivity contribution in [2.24, 2.45) is 86.8 Å². The second kappa shape index (κ2) is 61.8. The van der Waals surface area contributed by atoms with E-state index in [1.54, 1.807) is 114 Å². The molecule has 2 atom stereocenters. The normalized spacial score (nSPS) is 16.5. The Kier molecular flexibility index (Phi) is 55.2. The quantitative estimate of drug-likeness (QED) is 0.0707. The molecule has 7 aliphatic heterocycles. The van der Waals surface area contributed by atoms with Crippen molar-refractivity contribution in [3.8, 4) is 5.75 Å². The number of aliphatic imine (C=N–C) groups is 1. The number of hydrogen-bond acceptors (Lipinski definition) is 25. The fourth-order valence-electron chi connectivity index (χ4n) is 14.0. The van der Waals surface area contributed by atoms with E-state index >= 15 is 0 Å². The van der Waals surface area contributed by atoms with Gasteiger partial charge in [-0.2, -0.15) is 0 Å². The van der Waals surface area contributed by atoms with Gasteiger partial charge < -0.3 is 39.1 Å². The van der Waals surface area contributed by atoms with E-state index in [0.29, 0.717) is 92.2 Å². The van der Waals surface area contributed by atoms with Crippen molar-refractivity contribution in [3.63, 3.8) is 0 Å². The Morgan fingerprint density at radius 2 is 0.861 bits per heavy atom. The highest BCUT2D eigenvalue weighted by atomic mass is 32.2. The van der Waals surface area contributed by atoms with Gasteiger partial charge in [0.25, 0.3) is 0 Å². The Bertz CT molecular complexity index is 4950. The Labute approximate surface area is 859 Å². The first-order valence-corrected chi connectivity index (χ1v) is 52.5. The minimum Gasteiger partial charge on any atom is -0.485 e. The van der Waals surface area contributed by atoms with Crippen molar-refractivity contribution >= 4 is 91.7 Å². The third kappa shape index (κ3) is 47.6. The summed E-state index contributed by atoms with van der Waals surface area (Å²) in [5, 5.41) is 8.98. The molecule has 0 spiro atoms. The second-order valence-corrected chi connectivity index (χ2v) is 46.0. The summed E-state index contributed by atoms with van der Waals surface area (Å²) < 4.78 is 33.0. The molecule has 31 nitrogen and oxygen atoms in total. The molecule has 12 heterocycles. The van der Waals surface area contributed by atoms with Crippen LogP contribution in [0.2, 0.25) is 0 Å². The summed E-state index contributed by atoms with van der Waals surface area (Å²) >= 11 is 0. The van der Waals surface area contributed by atoms with Gasteiger partial charge in [0, 0.05) is 172 Å². The number of allylic oxidation sites excluding steroid dienone is 5. The van der Waals surface area contributed by atoms with Crippen molar-refractivity contribution in [3.05, 3.63) is 175 Å². The van der Waals surface area contributed by atoms with E-state index in [1.165, 1.54) is 12.7 Å². The largest absolute Gasteiger partial charge is 0.485 e. The number of Topliss-reactive ketones (excluding diaryl/α,β-unsaturated/α-hetero) is 7. The van der Waals surface area contributed by atoms with E-state index in [4.69, 9.17) is 9.47 Å². The van der Waals surface area contributed by atoms with Crippen LogP contribution < -0.4 is 4.74 Å². The maximum absolute atomic E-state index is 12.0. The van der Waals surface area contributed by atoms with E-state index < -0.39 is 26.5 Å². The number of sulfone groups is 1. The number of rotatable bonds is 20. The number of ketones is 7. The highest BCUT2D eigenvalue weighted by Gasteiger charge is 2.42. The van der Waals surface area contributed by atoms with Gasteiger partial charge in [-0.3, -0.25) is 87.4 Å². The standard InChI is InChI=1S/C13H23NO3.C12H16N2O2.C10H13NO.C9H12N2O.C9H17NO.2C9H11NO.C9H12O.C8H15NO3S.C8H15NO2.C8H15NO.C8H11NO/c1-9(2)11(15)10-7-6-8-14(10)12(16)17-13(3,4)5;1-9(2)12(15)14-7-11(8-14)16-10-4-3-5-13-6-10;1-10(2,3)9(12)8-6-4-5-7-11-8;1-9(2,3)7(12)8-10-5-4-6-11-8;1-7(2)9(11)10-5-4-8(3)6-10;2*1-7(2)9(11)8-5-3-4-6-10-8;1-7(2)9(10)8-5-3-4-6-8;1-6(2)8(10)9-4-7(5-9)13(3,11)12;1-6(2)7(10)9-4-8(3,11)5-9;1-6(2)8(10)9-4-7(3)5-9;1-6(2)8(10)7-4-3-5-9-7/h9-10H,6-8H2,1-5H3;3-6,9,11H,7-8H2,1-2H3;4-7H,1-3H3;4-6H,1-3H3;7-8H,4-6H2,1-3H3;2*3-7H,1-2H3;3-5,7H,6H2,1-2H3;6-7H,4-5H2,1-3H3;6,11H,4-5H2,1-3H3;6-7H,4-5H2,1-3H3;3,5-6H,4H2,1-2H3/t10-;;;;;;;;;;;/m1.........../s1. The number of aliphatic hydroxyl groups is 1. The van der Waals surface area contributed by atoms with E-state index in [0.717, 1.165) is 69.1 Å². The molecule has 32 heteroatoms. The predicted molar refractivity (Wildman–Crippen MR) is 567 cm³/mol. The molecule has 1 aliphatic carbocycles. The molecule has 0 aromatic carbocycles. The lowest BCUT2D eigenvalue weighted by Gasteiger charge is -2.44. The van der Waals surface area contributed by atoms with Crippen LogP contribution in [0.25, 0.3) is 0 Å². The van der Waals surface area contributed by atoms with Crippen LogP contribution in [0.5, 0.6) is 5.75 Å². The minimum atomic E-state index is -2.95. The van der Waals surface area contributed by atoms with Crippen LogP contribution in [0, 0.1) is 81.8 Å². The zero-order valence-electron chi connectivity index (χ0n) is 92.4. The summed E-state index contributed by atoms with van der Waals surface area (Å²) in [5.74, 6) is 5.01. The molecule has 8 aliphatic rings. The summed E-state index contributed by atoms with van der Waals surface area (Å²) in [6, 6.07) is 21.2. The van der Waals surface area contributed by atoms with E-state index in [-0.39, 0.29) is 146 Å². The van der Waals surface area contributed by atoms with Crippen molar-refractivity contribution in [2.45, 2.75) is 282 Å². The van der Waals surface area contributed by atoms with Crippen molar-refractivity contribution < 1.29 is 85.3 Å². The molecule has 0 radical (unpaired) electrons. The molecule has 5 aromatic rings. The molecule has 6 fully saturated rings. The molecule has 1 unspecified atom stereocenters. The molecular weight excluding hydrogens is 1850 g/mol. The van der Waals surface area contributed by atoms with Gasteiger partial charge >= 0.3 is 6.09 Å². The van der Waals surface area contributed by atoms with Gasteiger partial charge in [0.05, 0.1) is 55.0 Å². The number of aromatic nitrogens is 6. The molecule has 6 saturated heterocycles. The maximum atomic E-state index is 12.0. The van der Waals surface area contributed by atoms with Gasteiger partial charge in [0.2, 0.25) is 35.3 Å². The molecule has 144 heavy (non-hydrogen) atoms. The van der Waals surface area contributed by atoms with Crippen LogP contribution in [0.1, 0.15) is 296 Å². The fraction of sp³-hybridized carbons (Fsp3) is 0.607. The molecular formula is C112H171N13O18S. The van der Waals surface area contributed by atoms with Gasteiger partial charge in [-0.15, -0.1) is 0 Å². The summed E-state index contributed by atoms with van der Waals surface area (Å²) in [4.78, 5) is 187. The summed E-state index contributed by atoms with van der Waals surface area (Å²) in [6.07, 6.45) is 26.2. The lowest BCUT2D eigenvalue weighted by Crippen LogP contribution is -2.62. The van der Waals surface area contributed by atoms with Crippen molar-refractivity contribution in [1.29, 1.82) is 0 Å². The van der Waals surface area contributed by atoms with E-state index in [9.17, 15) is 75.9 Å². The molecule has 1 N–H and O–H groups in total. The van der Waals surface area contributed by atoms with Crippen molar-refractivity contribution in [1.82, 2.24) is 59.3 Å². The fourth-order valence-corrected chi connectivity index (χ4v) is 14.9. The average Bonchev–Trinajstić information content (AvgIpc) is 0.955. The lowest BCUT2D eigenvalue weighted by molar-refractivity contribution is -0.155. The monoisotopic (exact) mass is 2020 g/mol. The zero-order chi connectivity index (χ0) is 110. The van der Waals surface area contributed by atoms with Gasteiger partial charge in [-0.25, -0.2) is 23.2 Å². The van der Waals surface area contributed by atoms with E-state index in [2.05, 4.69) is 48.7 Å². The first kappa shape index (κ1) is 129. The van der Waals surface area contributed by atoms with Gasteiger partial charge in [0.15, 0.2) is 50.4 Å². The Hall–Kier alpha value is -11.4. The first-order chi connectivity index (χ1) is 66.7. The SMILES string of the molecule is CC(C)(C)C(=O)c1ccccn1.CC(C)(C)C(=O)c1ncccn1.CC(C)C(=O)C1=CC=CC1.CC(C)C(=O)C1=NC=CC1.CC(C)C(=O)N1CC(C)(O)C1.CC(C)C(=O)N1CC(Oc2cccnc2)C1.CC(C)C(=O)N1CC(S(C)(=O)=O)C1.CC(C)C(=O)[C@H]1CCCN1C(=O)OC(C)(C)C.CC(C)C(=O)c1ccccn1.CC(C)C(=O)c1ccccn1.CC1CCN(C(=O)C(C)C)C1.CC1CN(C(=O)C(C)C)C1. The number of ether oxygens (including phenoxy) is 2. The smallest absolute Gasteiger partial charge is 0.410 e. The Morgan fingerprint density at radius 1 is 0.438 bits per heavy atom. The average molecular weight is 2020 g/mol. The van der Waals surface area contributed by atoms with Gasteiger partial charge in [-0.1, -0.05) is 236 Å². The summed E-state index contributed by atoms with van der Waals surface area (Å²) in [5.41, 5.74) is 1.44. The van der Waals surface area contributed by atoms with E-state index in [1.807, 2.05) is 270 Å².